The zero-order chi connectivity index (χ0) is 8.72. The fourth-order valence-corrected chi connectivity index (χ4v) is 2.87. The van der Waals surface area contributed by atoms with Gasteiger partial charge in [0.05, 0.1) is 0 Å². The lowest BCUT2D eigenvalue weighted by Gasteiger charge is -2.08. The lowest BCUT2D eigenvalue weighted by molar-refractivity contribution is 0.744. The normalized spacial score (nSPS) is 21.1. The fourth-order valence-electron chi connectivity index (χ4n) is 2.25. The summed E-state index contributed by atoms with van der Waals surface area (Å²) in [6.45, 7) is 4.54. The van der Waals surface area contributed by atoms with E-state index in [0.717, 1.165) is 5.92 Å². The van der Waals surface area contributed by atoms with Gasteiger partial charge in [0.15, 0.2) is 0 Å². The maximum absolute atomic E-state index is 3.54. The molecule has 12 heavy (non-hydrogen) atoms. The van der Waals surface area contributed by atoms with Crippen LogP contribution >= 0.6 is 15.9 Å². The van der Waals surface area contributed by atoms with E-state index in [9.17, 15) is 0 Å². The van der Waals surface area contributed by atoms with Crippen LogP contribution in [0.15, 0.2) is 16.6 Å². The van der Waals surface area contributed by atoms with Crippen molar-refractivity contribution < 1.29 is 0 Å². The Hall–Kier alpha value is -0.300. The average Bonchev–Trinajstić information content (AvgIpc) is 2.31. The first-order valence-corrected chi connectivity index (χ1v) is 5.26. The van der Waals surface area contributed by atoms with Crippen LogP contribution in [0.5, 0.6) is 0 Å². The van der Waals surface area contributed by atoms with E-state index in [1.807, 2.05) is 0 Å². The Labute approximate surface area is 82.1 Å². The molecule has 1 atom stereocenters. The summed E-state index contributed by atoms with van der Waals surface area (Å²) in [4.78, 5) is 0. The van der Waals surface area contributed by atoms with Gasteiger partial charge in [-0.3, -0.25) is 0 Å². The van der Waals surface area contributed by atoms with Crippen LogP contribution < -0.4 is 0 Å². The van der Waals surface area contributed by atoms with Gasteiger partial charge in [-0.15, -0.1) is 0 Å². The maximum atomic E-state index is 3.54. The zero-order valence-corrected chi connectivity index (χ0v) is 9.11. The molecule has 0 aromatic heterocycles. The minimum absolute atomic E-state index is 0.771. The van der Waals surface area contributed by atoms with Gasteiger partial charge in [0.2, 0.25) is 0 Å². The van der Waals surface area contributed by atoms with Gasteiger partial charge in [-0.2, -0.15) is 0 Å². The molecule has 0 saturated carbocycles. The molecule has 1 aromatic rings. The smallest absolute Gasteiger partial charge is 0.0180 e. The molecule has 0 nitrogen and oxygen atoms in total. The molecule has 0 spiro atoms. The van der Waals surface area contributed by atoms with E-state index >= 15 is 0 Å². The highest BCUT2D eigenvalue weighted by Crippen LogP contribution is 2.36. The van der Waals surface area contributed by atoms with E-state index in [0.29, 0.717) is 0 Å². The number of fused-ring (bicyclic) bond motifs is 1. The molecule has 0 aliphatic heterocycles. The topological polar surface area (TPSA) is 0 Å². The third kappa shape index (κ3) is 1.20. The summed E-state index contributed by atoms with van der Waals surface area (Å²) in [5, 5.41) is 0. The Morgan fingerprint density at radius 3 is 2.92 bits per heavy atom. The Morgan fingerprint density at radius 1 is 1.42 bits per heavy atom. The summed E-state index contributed by atoms with van der Waals surface area (Å²) < 4.78 is 1.23. The van der Waals surface area contributed by atoms with Crippen molar-refractivity contribution in [3.8, 4) is 0 Å². The SMILES string of the molecule is Cc1cc(Br)cc2c1C(C)CC2. The average molecular weight is 225 g/mol. The molecule has 1 heteroatoms. The number of hydrogen-bond donors (Lipinski definition) is 0. The minimum Gasteiger partial charge on any atom is -0.0584 e. The molecule has 0 amide bonds. The molecule has 0 N–H and O–H groups in total. The van der Waals surface area contributed by atoms with Gasteiger partial charge < -0.3 is 0 Å². The second kappa shape index (κ2) is 2.88. The molecule has 2 rings (SSSR count). The lowest BCUT2D eigenvalue weighted by atomic mass is 9.98. The molecular formula is C11H13Br. The van der Waals surface area contributed by atoms with E-state index in [1.165, 1.54) is 22.9 Å². The third-order valence-corrected chi connectivity index (χ3v) is 3.23. The largest absolute Gasteiger partial charge is 0.0584 e. The van der Waals surface area contributed by atoms with Crippen molar-refractivity contribution in [3.05, 3.63) is 33.3 Å². The molecule has 0 fully saturated rings. The third-order valence-electron chi connectivity index (χ3n) is 2.78. The Morgan fingerprint density at radius 2 is 2.17 bits per heavy atom. The molecule has 0 saturated heterocycles. The molecule has 1 aliphatic carbocycles. The van der Waals surface area contributed by atoms with Crippen molar-refractivity contribution >= 4 is 15.9 Å². The van der Waals surface area contributed by atoms with E-state index in [4.69, 9.17) is 0 Å². The monoisotopic (exact) mass is 224 g/mol. The van der Waals surface area contributed by atoms with Crippen LogP contribution in [0.1, 0.15) is 36.0 Å². The summed E-state index contributed by atoms with van der Waals surface area (Å²) in [5.74, 6) is 0.771. The van der Waals surface area contributed by atoms with Crippen LogP contribution in [0.2, 0.25) is 0 Å². The van der Waals surface area contributed by atoms with Gasteiger partial charge in [0.1, 0.15) is 0 Å². The summed E-state index contributed by atoms with van der Waals surface area (Å²) >= 11 is 3.54. The second-order valence-corrected chi connectivity index (χ2v) is 4.65. The summed E-state index contributed by atoms with van der Waals surface area (Å²) in [7, 11) is 0. The van der Waals surface area contributed by atoms with Crippen LogP contribution in [-0.2, 0) is 6.42 Å². The summed E-state index contributed by atoms with van der Waals surface area (Å²) in [6.07, 6.45) is 2.59. The van der Waals surface area contributed by atoms with Crippen molar-refractivity contribution in [2.24, 2.45) is 0 Å². The maximum Gasteiger partial charge on any atom is 0.0180 e. The van der Waals surface area contributed by atoms with Crippen LogP contribution in [0.4, 0.5) is 0 Å². The fraction of sp³-hybridized carbons (Fsp3) is 0.455. The van der Waals surface area contributed by atoms with Crippen molar-refractivity contribution in [3.63, 3.8) is 0 Å². The lowest BCUT2D eigenvalue weighted by Crippen LogP contribution is -1.91. The van der Waals surface area contributed by atoms with Crippen molar-refractivity contribution in [1.82, 2.24) is 0 Å². The van der Waals surface area contributed by atoms with Crippen LogP contribution in [0.25, 0.3) is 0 Å². The van der Waals surface area contributed by atoms with Crippen molar-refractivity contribution in [2.75, 3.05) is 0 Å². The number of hydrogen-bond acceptors (Lipinski definition) is 0. The van der Waals surface area contributed by atoms with Gasteiger partial charge in [0, 0.05) is 4.47 Å². The first kappa shape index (κ1) is 8.31. The summed E-state index contributed by atoms with van der Waals surface area (Å²) in [5.41, 5.74) is 4.59. The molecule has 64 valence electrons. The molecule has 1 aromatic carbocycles. The molecule has 0 heterocycles. The highest BCUT2D eigenvalue weighted by atomic mass is 79.9. The zero-order valence-electron chi connectivity index (χ0n) is 7.52. The standard InChI is InChI=1S/C11H13Br/c1-7-3-4-9-6-10(12)5-8(2)11(7)9/h5-7H,3-4H2,1-2H3. The van der Waals surface area contributed by atoms with Crippen LogP contribution in [0, 0.1) is 6.92 Å². The molecule has 1 aliphatic rings. The molecule has 1 unspecified atom stereocenters. The van der Waals surface area contributed by atoms with E-state index in [2.05, 4.69) is 41.9 Å². The quantitative estimate of drug-likeness (QED) is 0.629. The van der Waals surface area contributed by atoms with E-state index < -0.39 is 0 Å². The van der Waals surface area contributed by atoms with E-state index in [-0.39, 0.29) is 0 Å². The molecule has 0 bridgehead atoms. The van der Waals surface area contributed by atoms with Gasteiger partial charge in [-0.05, 0) is 54.5 Å². The Bertz CT molecular complexity index is 315. The number of aryl methyl sites for hydroxylation is 2. The molecular weight excluding hydrogens is 212 g/mol. The van der Waals surface area contributed by atoms with Crippen molar-refractivity contribution in [2.45, 2.75) is 32.6 Å². The Balaban J connectivity index is 2.60. The number of halogens is 1. The first-order valence-electron chi connectivity index (χ1n) is 4.47. The molecule has 0 radical (unpaired) electrons. The van der Waals surface area contributed by atoms with Crippen LogP contribution in [-0.4, -0.2) is 0 Å². The minimum atomic E-state index is 0.771. The predicted octanol–water partition coefficient (Wildman–Crippen LogP) is 3.81. The van der Waals surface area contributed by atoms with Gasteiger partial charge in [-0.25, -0.2) is 0 Å². The first-order chi connectivity index (χ1) is 5.68. The van der Waals surface area contributed by atoms with Gasteiger partial charge in [0.25, 0.3) is 0 Å². The van der Waals surface area contributed by atoms with Crippen molar-refractivity contribution in [1.29, 1.82) is 0 Å². The van der Waals surface area contributed by atoms with Crippen LogP contribution in [0.3, 0.4) is 0 Å². The highest BCUT2D eigenvalue weighted by molar-refractivity contribution is 9.10. The number of benzene rings is 1. The predicted molar refractivity (Wildman–Crippen MR) is 55.6 cm³/mol. The van der Waals surface area contributed by atoms with Gasteiger partial charge >= 0.3 is 0 Å². The second-order valence-electron chi connectivity index (χ2n) is 3.74. The highest BCUT2D eigenvalue weighted by Gasteiger charge is 2.20. The Kier molecular flexibility index (Phi) is 1.99. The van der Waals surface area contributed by atoms with Gasteiger partial charge in [-0.1, -0.05) is 22.9 Å². The van der Waals surface area contributed by atoms with E-state index in [1.54, 1.807) is 11.1 Å². The number of rotatable bonds is 0. The summed E-state index contributed by atoms with van der Waals surface area (Å²) in [6, 6.07) is 4.49.